The first-order chi connectivity index (χ1) is 11.6. The zero-order valence-corrected chi connectivity index (χ0v) is 13.5. The molecule has 4 heteroatoms. The van der Waals surface area contributed by atoms with Crippen molar-refractivity contribution in [1.29, 1.82) is 0 Å². The molecule has 4 aromatic rings. The average Bonchev–Trinajstić information content (AvgIpc) is 2.61. The molecule has 126 valence electrons. The molecule has 0 fully saturated rings. The zero-order valence-electron chi connectivity index (χ0n) is 12.7. The number of benzene rings is 4. The van der Waals surface area contributed by atoms with E-state index < -0.39 is 10.1 Å². The molecule has 0 unspecified atom stereocenters. The van der Waals surface area contributed by atoms with Crippen molar-refractivity contribution in [3.8, 4) is 5.75 Å². The number of rotatable bonds is 3. The quantitative estimate of drug-likeness (QED) is 0.465. The Morgan fingerprint density at radius 2 is 1.12 bits per heavy atom. The molecule has 0 amide bonds. The van der Waals surface area contributed by atoms with Crippen molar-refractivity contribution in [2.45, 2.75) is 12.3 Å². The first-order valence-corrected chi connectivity index (χ1v) is 8.96. The van der Waals surface area contributed by atoms with Crippen LogP contribution in [-0.4, -0.2) is 8.42 Å². The van der Waals surface area contributed by atoms with Gasteiger partial charge in [-0.15, -0.1) is 0 Å². The van der Waals surface area contributed by atoms with Crippen molar-refractivity contribution in [3.05, 3.63) is 84.9 Å². The van der Waals surface area contributed by atoms with Crippen LogP contribution in [0, 0.1) is 0 Å². The van der Waals surface area contributed by atoms with E-state index in [4.69, 9.17) is 4.18 Å². The fraction of sp³-hybridized carbons (Fsp3) is 0.0476. The third-order valence-electron chi connectivity index (χ3n) is 3.97. The van der Waals surface area contributed by atoms with Gasteiger partial charge in [-0.05, 0) is 22.9 Å². The largest absolute Gasteiger partial charge is 0.378 e. The van der Waals surface area contributed by atoms with Gasteiger partial charge < -0.3 is 4.18 Å². The monoisotopic (exact) mass is 350 g/mol. The van der Waals surface area contributed by atoms with Crippen molar-refractivity contribution >= 4 is 31.7 Å². The predicted molar refractivity (Wildman–Crippen MR) is 102 cm³/mol. The lowest BCUT2D eigenvalue weighted by molar-refractivity contribution is 0.489. The van der Waals surface area contributed by atoms with E-state index in [2.05, 4.69) is 0 Å². The molecule has 0 saturated carbocycles. The number of hydrogen-bond acceptors (Lipinski definition) is 3. The molecule has 4 aromatic carbocycles. The van der Waals surface area contributed by atoms with Gasteiger partial charge in [-0.1, -0.05) is 80.2 Å². The summed E-state index contributed by atoms with van der Waals surface area (Å²) in [7, 11) is -3.93. The van der Waals surface area contributed by atoms with Crippen molar-refractivity contribution in [1.82, 2.24) is 0 Å². The highest BCUT2D eigenvalue weighted by Crippen LogP contribution is 2.30. The van der Waals surface area contributed by atoms with Gasteiger partial charge in [-0.25, -0.2) is 0 Å². The van der Waals surface area contributed by atoms with Crippen LogP contribution < -0.4 is 4.18 Å². The molecule has 0 aliphatic carbocycles. The summed E-state index contributed by atoms with van der Waals surface area (Å²) in [6, 6.07) is 25.5. The van der Waals surface area contributed by atoms with Crippen LogP contribution in [0.25, 0.3) is 21.5 Å². The van der Waals surface area contributed by atoms with E-state index >= 15 is 0 Å². The Bertz CT molecular complexity index is 1140. The summed E-state index contributed by atoms with van der Waals surface area (Å²) in [5.41, 5.74) is 0. The molecule has 0 aliphatic rings. The second kappa shape index (κ2) is 6.57. The van der Waals surface area contributed by atoms with E-state index in [0.717, 1.165) is 16.2 Å². The molecular formula is C21H18O3S. The minimum Gasteiger partial charge on any atom is -0.378 e. The molecule has 0 N–H and O–H groups in total. The first kappa shape index (κ1) is 17.0. The van der Waals surface area contributed by atoms with E-state index in [9.17, 15) is 8.42 Å². The van der Waals surface area contributed by atoms with Crippen molar-refractivity contribution < 1.29 is 12.6 Å². The number of fused-ring (bicyclic) bond motifs is 2. The fourth-order valence-electron chi connectivity index (χ4n) is 2.85. The van der Waals surface area contributed by atoms with Gasteiger partial charge >= 0.3 is 10.1 Å². The second-order valence-corrected chi connectivity index (χ2v) is 7.01. The van der Waals surface area contributed by atoms with Gasteiger partial charge in [0.15, 0.2) is 5.75 Å². The van der Waals surface area contributed by atoms with Crippen LogP contribution in [0.5, 0.6) is 5.75 Å². The molecule has 0 radical (unpaired) electrons. The Labute approximate surface area is 147 Å². The molecule has 0 spiro atoms. The highest BCUT2D eigenvalue weighted by atomic mass is 32.2. The zero-order chi connectivity index (χ0) is 16.6. The molecule has 0 aliphatic heterocycles. The Hall–Kier alpha value is -2.85. The van der Waals surface area contributed by atoms with Crippen molar-refractivity contribution in [2.24, 2.45) is 0 Å². The molecule has 25 heavy (non-hydrogen) atoms. The van der Waals surface area contributed by atoms with E-state index in [1.54, 1.807) is 30.3 Å². The highest BCUT2D eigenvalue weighted by Gasteiger charge is 2.20. The Morgan fingerprint density at radius 3 is 1.84 bits per heavy atom. The number of hydrogen-bond donors (Lipinski definition) is 0. The summed E-state index contributed by atoms with van der Waals surface area (Å²) in [6.07, 6.45) is 0. The highest BCUT2D eigenvalue weighted by molar-refractivity contribution is 7.87. The maximum atomic E-state index is 12.8. The van der Waals surface area contributed by atoms with Crippen LogP contribution in [0.15, 0.2) is 89.8 Å². The maximum absolute atomic E-state index is 12.8. The third-order valence-corrected chi connectivity index (χ3v) is 5.26. The lowest BCUT2D eigenvalue weighted by Crippen LogP contribution is -2.10. The minimum absolute atomic E-state index is 0. The lowest BCUT2D eigenvalue weighted by Gasteiger charge is -2.11. The van der Waals surface area contributed by atoms with Crippen LogP contribution >= 0.6 is 0 Å². The van der Waals surface area contributed by atoms with Crippen LogP contribution in [0.3, 0.4) is 0 Å². The van der Waals surface area contributed by atoms with Gasteiger partial charge in [-0.3, -0.25) is 0 Å². The normalized spacial score (nSPS) is 11.2. The molecule has 0 atom stereocenters. The summed E-state index contributed by atoms with van der Waals surface area (Å²) in [5.74, 6) is 0.334. The molecule has 0 heterocycles. The minimum atomic E-state index is -3.93. The van der Waals surface area contributed by atoms with Gasteiger partial charge in [0.25, 0.3) is 0 Å². The summed E-state index contributed by atoms with van der Waals surface area (Å²) in [6.45, 7) is 0. The van der Waals surface area contributed by atoms with Gasteiger partial charge in [0.05, 0.1) is 0 Å². The van der Waals surface area contributed by atoms with Crippen molar-refractivity contribution in [2.75, 3.05) is 0 Å². The van der Waals surface area contributed by atoms with Crippen molar-refractivity contribution in [3.63, 3.8) is 0 Å². The fourth-order valence-corrected chi connectivity index (χ4v) is 4.02. The van der Waals surface area contributed by atoms with Gasteiger partial charge in [0.2, 0.25) is 0 Å². The Kier molecular flexibility index (Phi) is 4.47. The predicted octanol–water partition coefficient (Wildman–Crippen LogP) is 5.40. The lowest BCUT2D eigenvalue weighted by atomic mass is 10.1. The average molecular weight is 350 g/mol. The molecular weight excluding hydrogens is 332 g/mol. The summed E-state index contributed by atoms with van der Waals surface area (Å²) in [4.78, 5) is 0.175. The summed E-state index contributed by atoms with van der Waals surface area (Å²) in [5, 5.41) is 3.22. The first-order valence-electron chi connectivity index (χ1n) is 7.55. The SMILES string of the molecule is C.O=S(=O)(Oc1cccc2ccccc12)c1cccc2ccccc12. The van der Waals surface area contributed by atoms with E-state index in [1.165, 1.54) is 0 Å². The van der Waals surface area contributed by atoms with Gasteiger partial charge in [0.1, 0.15) is 4.90 Å². The molecule has 0 bridgehead atoms. The molecule has 0 saturated heterocycles. The maximum Gasteiger partial charge on any atom is 0.339 e. The second-order valence-electron chi connectivity index (χ2n) is 5.49. The third kappa shape index (κ3) is 3.08. The summed E-state index contributed by atoms with van der Waals surface area (Å²) >= 11 is 0. The van der Waals surface area contributed by atoms with E-state index in [1.807, 2.05) is 54.6 Å². The Balaban J connectivity index is 0.00000182. The van der Waals surface area contributed by atoms with E-state index in [0.29, 0.717) is 11.1 Å². The van der Waals surface area contributed by atoms with Crippen LogP contribution in [0.1, 0.15) is 7.43 Å². The molecule has 0 aromatic heterocycles. The summed E-state index contributed by atoms with van der Waals surface area (Å²) < 4.78 is 31.2. The smallest absolute Gasteiger partial charge is 0.339 e. The Morgan fingerprint density at radius 1 is 0.600 bits per heavy atom. The van der Waals surface area contributed by atoms with Gasteiger partial charge in [-0.2, -0.15) is 8.42 Å². The molecule has 3 nitrogen and oxygen atoms in total. The van der Waals surface area contributed by atoms with Crippen LogP contribution in [-0.2, 0) is 10.1 Å². The van der Waals surface area contributed by atoms with Crippen LogP contribution in [0.2, 0.25) is 0 Å². The topological polar surface area (TPSA) is 43.4 Å². The molecule has 4 rings (SSSR count). The van der Waals surface area contributed by atoms with Crippen LogP contribution in [0.4, 0.5) is 0 Å². The van der Waals surface area contributed by atoms with E-state index in [-0.39, 0.29) is 12.3 Å². The standard InChI is InChI=1S/C20H14O3S.CH4/c21-24(22,20-14-6-10-16-8-2-4-12-18(16)20)23-19-13-5-9-15-7-1-3-11-17(15)19;/h1-14H;1H4. The van der Waals surface area contributed by atoms with Gasteiger partial charge in [0, 0.05) is 10.8 Å².